The molecule has 32 heavy (non-hydrogen) atoms. The van der Waals surface area contributed by atoms with Crippen LogP contribution in [-0.4, -0.2) is 32.3 Å². The van der Waals surface area contributed by atoms with E-state index in [1.807, 2.05) is 71.8 Å². The molecule has 2 N–H and O–H groups in total. The Morgan fingerprint density at radius 3 is 2.41 bits per heavy atom. The van der Waals surface area contributed by atoms with E-state index >= 15 is 0 Å². The zero-order chi connectivity index (χ0) is 21.8. The molecule has 1 fully saturated rings. The van der Waals surface area contributed by atoms with Crippen molar-refractivity contribution >= 4 is 17.2 Å². The number of pyridine rings is 1. The molecule has 7 nitrogen and oxygen atoms in total. The van der Waals surface area contributed by atoms with Crippen molar-refractivity contribution in [2.75, 3.05) is 11.9 Å². The van der Waals surface area contributed by atoms with Gasteiger partial charge in [0.1, 0.15) is 5.69 Å². The first kappa shape index (κ1) is 20.1. The first-order valence-corrected chi connectivity index (χ1v) is 11.0. The van der Waals surface area contributed by atoms with E-state index in [0.29, 0.717) is 6.54 Å². The van der Waals surface area contributed by atoms with Gasteiger partial charge >= 0.3 is 6.03 Å². The molecule has 2 amide bonds. The van der Waals surface area contributed by atoms with Crippen molar-refractivity contribution in [1.29, 1.82) is 0 Å². The number of hydrogen-bond acceptors (Lipinski definition) is 4. The molecular formula is C25H26N6O. The summed E-state index contributed by atoms with van der Waals surface area (Å²) < 4.78 is 1.79. The van der Waals surface area contributed by atoms with Crippen molar-refractivity contribution in [2.24, 2.45) is 0 Å². The molecular weight excluding hydrogens is 400 g/mol. The van der Waals surface area contributed by atoms with E-state index in [1.165, 1.54) is 5.56 Å². The van der Waals surface area contributed by atoms with Gasteiger partial charge in [-0.2, -0.15) is 0 Å². The molecule has 1 saturated heterocycles. The van der Waals surface area contributed by atoms with Crippen molar-refractivity contribution in [3.8, 4) is 0 Å². The summed E-state index contributed by atoms with van der Waals surface area (Å²) in [5, 5.41) is 15.3. The topological polar surface area (TPSA) is 74.6 Å². The van der Waals surface area contributed by atoms with Crippen molar-refractivity contribution in [3.05, 3.63) is 95.8 Å². The lowest BCUT2D eigenvalue weighted by Gasteiger charge is -2.23. The van der Waals surface area contributed by atoms with E-state index in [1.54, 1.807) is 4.52 Å². The third kappa shape index (κ3) is 4.27. The average Bonchev–Trinajstić information content (AvgIpc) is 3.49. The Morgan fingerprint density at radius 1 is 0.938 bits per heavy atom. The van der Waals surface area contributed by atoms with Gasteiger partial charge in [-0.25, -0.2) is 9.31 Å². The number of aromatic nitrogens is 3. The predicted molar refractivity (Wildman–Crippen MR) is 124 cm³/mol. The highest BCUT2D eigenvalue weighted by molar-refractivity contribution is 5.75. The van der Waals surface area contributed by atoms with Crippen LogP contribution in [0.4, 0.5) is 10.5 Å². The lowest BCUT2D eigenvalue weighted by atomic mass is 10.1. The number of nitrogens with zero attached hydrogens (tertiary/aromatic N) is 4. The van der Waals surface area contributed by atoms with Crippen LogP contribution in [0.25, 0.3) is 5.52 Å². The minimum Gasteiger partial charge on any atom is -0.380 e. The first-order valence-electron chi connectivity index (χ1n) is 11.0. The van der Waals surface area contributed by atoms with Crippen LogP contribution in [0.1, 0.15) is 35.7 Å². The molecule has 2 aromatic heterocycles. The van der Waals surface area contributed by atoms with Gasteiger partial charge in [0, 0.05) is 19.6 Å². The van der Waals surface area contributed by atoms with Gasteiger partial charge in [0.15, 0.2) is 0 Å². The van der Waals surface area contributed by atoms with Crippen molar-refractivity contribution in [1.82, 2.24) is 25.0 Å². The Morgan fingerprint density at radius 2 is 1.66 bits per heavy atom. The number of rotatable bonds is 6. The molecule has 4 aromatic rings. The summed E-state index contributed by atoms with van der Waals surface area (Å²) in [5.41, 5.74) is 5.06. The third-order valence-corrected chi connectivity index (χ3v) is 5.90. The van der Waals surface area contributed by atoms with Crippen LogP contribution in [0, 0.1) is 0 Å². The molecule has 1 atom stereocenters. The molecule has 0 spiro atoms. The number of nitrogens with one attached hydrogen (secondary N) is 2. The van der Waals surface area contributed by atoms with E-state index in [9.17, 15) is 4.79 Å². The highest BCUT2D eigenvalue weighted by Crippen LogP contribution is 2.33. The van der Waals surface area contributed by atoms with Gasteiger partial charge < -0.3 is 15.5 Å². The number of benzene rings is 2. The first-order chi connectivity index (χ1) is 15.8. The summed E-state index contributed by atoms with van der Waals surface area (Å²) >= 11 is 0. The Labute approximate surface area is 187 Å². The van der Waals surface area contributed by atoms with E-state index in [4.69, 9.17) is 0 Å². The summed E-state index contributed by atoms with van der Waals surface area (Å²) in [6.07, 6.45) is 3.80. The van der Waals surface area contributed by atoms with Gasteiger partial charge in [-0.05, 0) is 36.1 Å². The highest BCUT2D eigenvalue weighted by Gasteiger charge is 2.33. The van der Waals surface area contributed by atoms with Gasteiger partial charge in [-0.15, -0.1) is 5.10 Å². The molecule has 0 aliphatic carbocycles. The number of fused-ring (bicyclic) bond motifs is 1. The van der Waals surface area contributed by atoms with Crippen molar-refractivity contribution in [2.45, 2.75) is 32.0 Å². The number of likely N-dealkylation sites (tertiary alicyclic amines) is 1. The second-order valence-corrected chi connectivity index (χ2v) is 8.06. The maximum absolute atomic E-state index is 12.9. The highest BCUT2D eigenvalue weighted by atomic mass is 16.2. The van der Waals surface area contributed by atoms with Crippen LogP contribution in [-0.2, 0) is 13.1 Å². The fraction of sp³-hybridized carbons (Fsp3) is 0.240. The van der Waals surface area contributed by atoms with Crippen molar-refractivity contribution in [3.63, 3.8) is 0 Å². The lowest BCUT2D eigenvalue weighted by Crippen LogP contribution is -2.39. The van der Waals surface area contributed by atoms with Crippen LogP contribution in [0.15, 0.2) is 79.0 Å². The van der Waals surface area contributed by atoms with E-state index in [2.05, 4.69) is 33.1 Å². The standard InChI is InChI=1S/C25H26N6O/c32-25(27-17-20-10-5-2-6-11-20)30-15-7-12-22(30)24-23-14-13-21(18-31(23)29-28-24)26-16-19-8-3-1-4-9-19/h1-6,8-11,13-14,18,22,26H,7,12,15-17H2,(H,27,32). The summed E-state index contributed by atoms with van der Waals surface area (Å²) in [6.45, 7) is 1.98. The van der Waals surface area contributed by atoms with Crippen molar-refractivity contribution < 1.29 is 4.79 Å². The Balaban J connectivity index is 1.28. The molecule has 2 aromatic carbocycles. The maximum Gasteiger partial charge on any atom is 0.318 e. The largest absolute Gasteiger partial charge is 0.380 e. The molecule has 0 radical (unpaired) electrons. The predicted octanol–water partition coefficient (Wildman–Crippen LogP) is 4.39. The monoisotopic (exact) mass is 426 g/mol. The Bertz CT molecular complexity index is 1190. The fourth-order valence-electron chi connectivity index (χ4n) is 4.22. The van der Waals surface area contributed by atoms with E-state index in [0.717, 1.165) is 48.4 Å². The minimum atomic E-state index is -0.0635. The lowest BCUT2D eigenvalue weighted by molar-refractivity contribution is 0.192. The van der Waals surface area contributed by atoms with E-state index in [-0.39, 0.29) is 12.1 Å². The second kappa shape index (κ2) is 9.09. The number of carbonyl (C=O) groups excluding carboxylic acids is 1. The van der Waals surface area contributed by atoms with Gasteiger partial charge in [0.25, 0.3) is 0 Å². The molecule has 1 aliphatic rings. The number of hydrogen-bond donors (Lipinski definition) is 2. The molecule has 7 heteroatoms. The second-order valence-electron chi connectivity index (χ2n) is 8.06. The molecule has 1 unspecified atom stereocenters. The van der Waals surface area contributed by atoms with Gasteiger partial charge in [0.2, 0.25) is 0 Å². The van der Waals surface area contributed by atoms with E-state index < -0.39 is 0 Å². The van der Waals surface area contributed by atoms with Gasteiger partial charge in [-0.1, -0.05) is 65.9 Å². The smallest absolute Gasteiger partial charge is 0.318 e. The Hall–Kier alpha value is -3.87. The Kier molecular flexibility index (Phi) is 5.70. The number of amides is 2. The molecule has 3 heterocycles. The van der Waals surface area contributed by atoms with Crippen LogP contribution in [0.5, 0.6) is 0 Å². The van der Waals surface area contributed by atoms with Crippen LogP contribution < -0.4 is 10.6 Å². The molecule has 5 rings (SSSR count). The maximum atomic E-state index is 12.9. The third-order valence-electron chi connectivity index (χ3n) is 5.90. The minimum absolute atomic E-state index is 0.0568. The molecule has 162 valence electrons. The summed E-state index contributed by atoms with van der Waals surface area (Å²) in [4.78, 5) is 14.8. The SMILES string of the molecule is O=C(NCc1ccccc1)N1CCCC1c1nnn2cc(NCc3ccccc3)ccc12. The zero-order valence-electron chi connectivity index (χ0n) is 17.8. The number of carbonyl (C=O) groups is 1. The summed E-state index contributed by atoms with van der Waals surface area (Å²) in [5.74, 6) is 0. The quantitative estimate of drug-likeness (QED) is 0.480. The van der Waals surface area contributed by atoms with Crippen LogP contribution in [0.3, 0.4) is 0 Å². The average molecular weight is 427 g/mol. The van der Waals surface area contributed by atoms with Crippen LogP contribution in [0.2, 0.25) is 0 Å². The normalized spacial score (nSPS) is 15.8. The molecule has 0 saturated carbocycles. The zero-order valence-corrected chi connectivity index (χ0v) is 17.8. The van der Waals surface area contributed by atoms with Gasteiger partial charge in [0.05, 0.1) is 23.4 Å². The summed E-state index contributed by atoms with van der Waals surface area (Å²) in [7, 11) is 0. The molecule has 1 aliphatic heterocycles. The summed E-state index contributed by atoms with van der Waals surface area (Å²) in [6, 6.07) is 24.2. The number of urea groups is 1. The fourth-order valence-corrected chi connectivity index (χ4v) is 4.22. The van der Waals surface area contributed by atoms with Crippen LogP contribution >= 0.6 is 0 Å². The molecule has 0 bridgehead atoms. The number of anilines is 1. The van der Waals surface area contributed by atoms with Gasteiger partial charge in [-0.3, -0.25) is 0 Å².